The highest BCUT2D eigenvalue weighted by Crippen LogP contribution is 2.48. The molecule has 2 atom stereocenters. The second kappa shape index (κ2) is 9.00. The monoisotopic (exact) mass is 540 g/mol. The predicted octanol–water partition coefficient (Wildman–Crippen LogP) is 6.91. The molecule has 0 fully saturated rings. The first-order valence-electron chi connectivity index (χ1n) is 11.1. The van der Waals surface area contributed by atoms with Gasteiger partial charge in [-0.3, -0.25) is 14.5 Å². The number of nitrogens with one attached hydrogen (secondary N) is 1. The number of benzene rings is 3. The van der Waals surface area contributed by atoms with Crippen molar-refractivity contribution < 1.29 is 22.8 Å². The van der Waals surface area contributed by atoms with Crippen molar-refractivity contribution in [2.75, 3.05) is 10.2 Å². The van der Waals surface area contributed by atoms with Gasteiger partial charge in [0.1, 0.15) is 0 Å². The number of rotatable bonds is 2. The van der Waals surface area contributed by atoms with Gasteiger partial charge in [-0.1, -0.05) is 70.5 Å². The Labute approximate surface area is 208 Å². The number of halogens is 4. The maximum absolute atomic E-state index is 13.9. The molecule has 0 aromatic heterocycles. The zero-order chi connectivity index (χ0) is 24.7. The molecule has 0 saturated heterocycles. The summed E-state index contributed by atoms with van der Waals surface area (Å²) >= 11 is 3.38. The lowest BCUT2D eigenvalue weighted by Crippen LogP contribution is -2.45. The van der Waals surface area contributed by atoms with Crippen molar-refractivity contribution in [3.05, 3.63) is 106 Å². The molecule has 1 heterocycles. The van der Waals surface area contributed by atoms with Gasteiger partial charge < -0.3 is 5.32 Å². The minimum absolute atomic E-state index is 0.0678. The van der Waals surface area contributed by atoms with Crippen LogP contribution in [-0.2, 0) is 9.59 Å². The van der Waals surface area contributed by atoms with Gasteiger partial charge in [-0.25, -0.2) is 0 Å². The first-order chi connectivity index (χ1) is 16.7. The van der Waals surface area contributed by atoms with Crippen molar-refractivity contribution in [2.24, 2.45) is 0 Å². The summed E-state index contributed by atoms with van der Waals surface area (Å²) in [6.45, 7) is 0. The number of carbonyl (C=O) groups is 2. The molecule has 0 bridgehead atoms. The van der Waals surface area contributed by atoms with Gasteiger partial charge in [0.05, 0.1) is 17.4 Å². The molecule has 0 radical (unpaired) electrons. The molecule has 8 heteroatoms. The molecule has 178 valence electrons. The maximum atomic E-state index is 13.9. The van der Waals surface area contributed by atoms with Crippen LogP contribution in [0.25, 0.3) is 0 Å². The molecule has 35 heavy (non-hydrogen) atoms. The number of nitrogens with zero attached hydrogens (tertiary/aromatic N) is 1. The Morgan fingerprint density at radius 2 is 1.60 bits per heavy atom. The number of hydrogen-bond donors (Lipinski definition) is 1. The Kier molecular flexibility index (Phi) is 6.01. The fourth-order valence-electron chi connectivity index (χ4n) is 4.90. The summed E-state index contributed by atoms with van der Waals surface area (Å²) in [7, 11) is 0. The molecule has 1 aliphatic heterocycles. The van der Waals surface area contributed by atoms with E-state index in [1.165, 1.54) is 6.07 Å². The number of hydrogen-bond acceptors (Lipinski definition) is 3. The molecule has 1 aliphatic carbocycles. The summed E-state index contributed by atoms with van der Waals surface area (Å²) in [5.41, 5.74) is 2.52. The molecule has 1 N–H and O–H groups in total. The third kappa shape index (κ3) is 4.38. The van der Waals surface area contributed by atoms with Gasteiger partial charge in [0.25, 0.3) is 0 Å². The summed E-state index contributed by atoms with van der Waals surface area (Å²) in [6, 6.07) is 21.4. The van der Waals surface area contributed by atoms with E-state index in [0.29, 0.717) is 32.7 Å². The van der Waals surface area contributed by atoms with Gasteiger partial charge in [0, 0.05) is 22.2 Å². The minimum atomic E-state index is -5.13. The van der Waals surface area contributed by atoms with Crippen LogP contribution in [0.5, 0.6) is 0 Å². The van der Waals surface area contributed by atoms with Gasteiger partial charge in [0.2, 0.25) is 0 Å². The molecule has 3 aromatic rings. The Balaban J connectivity index is 1.75. The van der Waals surface area contributed by atoms with E-state index in [-0.39, 0.29) is 29.4 Å². The van der Waals surface area contributed by atoms with Gasteiger partial charge >= 0.3 is 12.1 Å². The van der Waals surface area contributed by atoms with Crippen LogP contribution in [0.15, 0.2) is 94.6 Å². The average molecular weight is 541 g/mol. The zero-order valence-corrected chi connectivity index (χ0v) is 19.9. The van der Waals surface area contributed by atoms with Crippen molar-refractivity contribution in [3.8, 4) is 0 Å². The van der Waals surface area contributed by atoms with Crippen LogP contribution in [-0.4, -0.2) is 17.9 Å². The van der Waals surface area contributed by atoms with Crippen LogP contribution in [0, 0.1) is 0 Å². The van der Waals surface area contributed by atoms with Crippen LogP contribution in [0.1, 0.15) is 35.9 Å². The van der Waals surface area contributed by atoms with E-state index in [2.05, 4.69) is 21.2 Å². The van der Waals surface area contributed by atoms with Crippen LogP contribution in [0.4, 0.5) is 24.5 Å². The zero-order valence-electron chi connectivity index (χ0n) is 18.4. The number of carbonyl (C=O) groups excluding carboxylic acids is 2. The van der Waals surface area contributed by atoms with Gasteiger partial charge in [-0.15, -0.1) is 0 Å². The van der Waals surface area contributed by atoms with Crippen molar-refractivity contribution in [1.82, 2.24) is 0 Å². The third-order valence-electron chi connectivity index (χ3n) is 6.39. The van der Waals surface area contributed by atoms with Crippen LogP contribution in [0.3, 0.4) is 0 Å². The number of allylic oxidation sites excluding steroid dienone is 1. The van der Waals surface area contributed by atoms with Crippen LogP contribution < -0.4 is 10.2 Å². The van der Waals surface area contributed by atoms with Gasteiger partial charge in [-0.2, -0.15) is 13.2 Å². The number of anilines is 2. The molecule has 1 amide bonds. The molecule has 0 spiro atoms. The molecular formula is C27H20BrF3N2O2. The van der Waals surface area contributed by atoms with Crippen LogP contribution in [0.2, 0.25) is 0 Å². The number of fused-ring (bicyclic) bond motifs is 1. The van der Waals surface area contributed by atoms with Crippen molar-refractivity contribution in [2.45, 2.75) is 31.0 Å². The maximum Gasteiger partial charge on any atom is 0.471 e. The van der Waals surface area contributed by atoms with E-state index >= 15 is 0 Å². The highest BCUT2D eigenvalue weighted by Gasteiger charge is 2.49. The van der Waals surface area contributed by atoms with Crippen molar-refractivity contribution >= 4 is 39.0 Å². The molecule has 2 unspecified atom stereocenters. The number of para-hydroxylation sites is 2. The summed E-state index contributed by atoms with van der Waals surface area (Å²) in [4.78, 5) is 27.3. The molecule has 0 saturated carbocycles. The van der Waals surface area contributed by atoms with E-state index in [1.54, 1.807) is 42.5 Å². The van der Waals surface area contributed by atoms with Crippen molar-refractivity contribution in [1.29, 1.82) is 0 Å². The van der Waals surface area contributed by atoms with E-state index in [0.717, 1.165) is 5.56 Å². The lowest BCUT2D eigenvalue weighted by Gasteiger charge is -2.35. The molecular weight excluding hydrogens is 521 g/mol. The molecule has 5 rings (SSSR count). The predicted molar refractivity (Wildman–Crippen MR) is 131 cm³/mol. The quantitative estimate of drug-likeness (QED) is 0.384. The Bertz CT molecular complexity index is 1340. The second-order valence-corrected chi connectivity index (χ2v) is 9.52. The second-order valence-electron chi connectivity index (χ2n) is 8.60. The Hall–Kier alpha value is -3.39. The summed E-state index contributed by atoms with van der Waals surface area (Å²) in [5.74, 6) is -2.44. The molecule has 3 aromatic carbocycles. The molecule has 2 aliphatic rings. The van der Waals surface area contributed by atoms with Crippen molar-refractivity contribution in [3.63, 3.8) is 0 Å². The first kappa shape index (κ1) is 23.4. The summed E-state index contributed by atoms with van der Waals surface area (Å²) in [5, 5.41) is 3.23. The molecule has 4 nitrogen and oxygen atoms in total. The summed E-state index contributed by atoms with van der Waals surface area (Å²) < 4.78 is 42.4. The van der Waals surface area contributed by atoms with Gasteiger partial charge in [0.15, 0.2) is 5.78 Å². The SMILES string of the molecule is O=C1CC(c2ccccc2)CC2=C1C(c1cccc(Br)c1)N(C(=O)C(F)(F)F)c1ccccc1N2. The fraction of sp³-hybridized carbons (Fsp3) is 0.185. The smallest absolute Gasteiger partial charge is 0.357 e. The first-order valence-corrected chi connectivity index (χ1v) is 11.9. The third-order valence-corrected chi connectivity index (χ3v) is 6.88. The Morgan fingerprint density at radius 3 is 2.31 bits per heavy atom. The highest BCUT2D eigenvalue weighted by molar-refractivity contribution is 9.10. The lowest BCUT2D eigenvalue weighted by molar-refractivity contribution is -0.170. The number of Topliss-reactive ketones (excluding diaryl/α,β-unsaturated/α-hetero) is 1. The number of alkyl halides is 3. The van der Waals surface area contributed by atoms with E-state index in [4.69, 9.17) is 0 Å². The normalized spacial score (nSPS) is 20.0. The summed E-state index contributed by atoms with van der Waals surface area (Å²) in [6.07, 6.45) is -4.57. The lowest BCUT2D eigenvalue weighted by atomic mass is 9.78. The highest BCUT2D eigenvalue weighted by atomic mass is 79.9. The van der Waals surface area contributed by atoms with E-state index in [9.17, 15) is 22.8 Å². The largest absolute Gasteiger partial charge is 0.471 e. The Morgan fingerprint density at radius 1 is 0.914 bits per heavy atom. The number of ketones is 1. The average Bonchev–Trinajstić information content (AvgIpc) is 2.98. The van der Waals surface area contributed by atoms with E-state index in [1.807, 2.05) is 30.3 Å². The minimum Gasteiger partial charge on any atom is -0.357 e. The fourth-order valence-corrected chi connectivity index (χ4v) is 5.32. The number of amides is 1. The van der Waals surface area contributed by atoms with Gasteiger partial charge in [-0.05, 0) is 47.7 Å². The topological polar surface area (TPSA) is 49.4 Å². The standard InChI is InChI=1S/C27H20BrF3N2O2/c28-19-10-6-9-17(13-19)25-24-21(14-18(15-23(24)34)16-7-2-1-3-8-16)32-20-11-4-5-12-22(20)33(25)26(35)27(29,30)31/h1-13,18,25,32H,14-15H2. The van der Waals surface area contributed by atoms with Crippen LogP contribution >= 0.6 is 15.9 Å². The van der Waals surface area contributed by atoms with E-state index < -0.39 is 18.1 Å².